The first-order chi connectivity index (χ1) is 14.2. The van der Waals surface area contributed by atoms with Gasteiger partial charge in [-0.15, -0.1) is 0 Å². The van der Waals surface area contributed by atoms with Gasteiger partial charge in [0.25, 0.3) is 0 Å². The van der Waals surface area contributed by atoms with Crippen LogP contribution in [0.2, 0.25) is 0 Å². The normalized spacial score (nSPS) is 31.9. The number of para-hydroxylation sites is 1. The fourth-order valence-electron chi connectivity index (χ4n) is 6.07. The summed E-state index contributed by atoms with van der Waals surface area (Å²) in [5, 5.41) is 0. The summed E-state index contributed by atoms with van der Waals surface area (Å²) in [6.07, 6.45) is 9.37. The Morgan fingerprint density at radius 3 is 2.45 bits per heavy atom. The fraction of sp³-hybridized carbons (Fsp3) is 0.667. The van der Waals surface area contributed by atoms with Crippen molar-refractivity contribution >= 4 is 17.5 Å². The summed E-state index contributed by atoms with van der Waals surface area (Å²) in [5.74, 6) is 0.0502. The minimum atomic E-state index is -0.174. The van der Waals surface area contributed by atoms with Gasteiger partial charge in [0.1, 0.15) is 0 Å². The van der Waals surface area contributed by atoms with Crippen LogP contribution in [0, 0.1) is 11.8 Å². The molecule has 5 heteroatoms. The van der Waals surface area contributed by atoms with E-state index in [2.05, 4.69) is 17.0 Å². The molecule has 0 radical (unpaired) electrons. The van der Waals surface area contributed by atoms with Crippen molar-refractivity contribution in [1.29, 1.82) is 0 Å². The SMILES string of the molecule is O=C(C1CCCCC1C(=O)N1CCOC2CCCCC21)N1CCc2ccccc21. The summed E-state index contributed by atoms with van der Waals surface area (Å²) < 4.78 is 5.98. The number of ether oxygens (including phenoxy) is 1. The molecule has 2 aliphatic heterocycles. The van der Waals surface area contributed by atoms with E-state index in [1.807, 2.05) is 17.0 Å². The molecule has 1 aromatic carbocycles. The van der Waals surface area contributed by atoms with Gasteiger partial charge in [0, 0.05) is 24.7 Å². The van der Waals surface area contributed by atoms with E-state index >= 15 is 0 Å². The molecule has 29 heavy (non-hydrogen) atoms. The molecule has 0 aromatic heterocycles. The molecule has 4 aliphatic rings. The first-order valence-electron chi connectivity index (χ1n) is 11.6. The Hall–Kier alpha value is -1.88. The number of benzene rings is 1. The van der Waals surface area contributed by atoms with Gasteiger partial charge < -0.3 is 14.5 Å². The Morgan fingerprint density at radius 1 is 0.862 bits per heavy atom. The molecule has 5 rings (SSSR count). The van der Waals surface area contributed by atoms with Crippen LogP contribution in [-0.4, -0.2) is 48.6 Å². The van der Waals surface area contributed by atoms with Crippen LogP contribution in [0.25, 0.3) is 0 Å². The van der Waals surface area contributed by atoms with E-state index in [9.17, 15) is 9.59 Å². The maximum Gasteiger partial charge on any atom is 0.230 e. The summed E-state index contributed by atoms with van der Waals surface area (Å²) in [7, 11) is 0. The number of carbonyl (C=O) groups excluding carboxylic acids is 2. The Morgan fingerprint density at radius 2 is 1.59 bits per heavy atom. The molecular formula is C24H32N2O3. The second-order valence-corrected chi connectivity index (χ2v) is 9.16. The average molecular weight is 397 g/mol. The minimum absolute atomic E-state index is 0.162. The molecule has 2 aliphatic carbocycles. The monoisotopic (exact) mass is 396 g/mol. The second-order valence-electron chi connectivity index (χ2n) is 9.16. The lowest BCUT2D eigenvalue weighted by atomic mass is 9.76. The second kappa shape index (κ2) is 8.10. The minimum Gasteiger partial charge on any atom is -0.374 e. The molecule has 156 valence electrons. The summed E-state index contributed by atoms with van der Waals surface area (Å²) >= 11 is 0. The molecule has 0 bridgehead atoms. The van der Waals surface area contributed by atoms with Crippen molar-refractivity contribution in [1.82, 2.24) is 4.90 Å². The molecule has 0 N–H and O–H groups in total. The van der Waals surface area contributed by atoms with Gasteiger partial charge in [-0.2, -0.15) is 0 Å². The van der Waals surface area contributed by atoms with Gasteiger partial charge in [0.05, 0.1) is 24.7 Å². The summed E-state index contributed by atoms with van der Waals surface area (Å²) in [6, 6.07) is 8.43. The van der Waals surface area contributed by atoms with Gasteiger partial charge in [-0.25, -0.2) is 0 Å². The number of nitrogens with zero attached hydrogens (tertiary/aromatic N) is 2. The maximum atomic E-state index is 13.7. The van der Waals surface area contributed by atoms with E-state index in [0.29, 0.717) is 13.2 Å². The van der Waals surface area contributed by atoms with Crippen molar-refractivity contribution in [2.45, 2.75) is 69.9 Å². The van der Waals surface area contributed by atoms with Crippen LogP contribution >= 0.6 is 0 Å². The van der Waals surface area contributed by atoms with E-state index in [4.69, 9.17) is 4.74 Å². The van der Waals surface area contributed by atoms with Crippen LogP contribution in [0.1, 0.15) is 56.9 Å². The first kappa shape index (κ1) is 19.1. The van der Waals surface area contributed by atoms with E-state index in [-0.39, 0.29) is 35.8 Å². The zero-order valence-electron chi connectivity index (χ0n) is 17.2. The van der Waals surface area contributed by atoms with Crippen LogP contribution in [0.15, 0.2) is 24.3 Å². The molecule has 4 atom stereocenters. The molecule has 2 heterocycles. The standard InChI is InChI=1S/C24H32N2O3/c27-23(25-14-13-17-7-1-4-10-20(17)25)18-8-2-3-9-19(18)24(28)26-15-16-29-22-12-6-5-11-21(22)26/h1,4,7,10,18-19,21-22H,2-3,5-6,8-9,11-16H2. The number of amides is 2. The lowest BCUT2D eigenvalue weighted by Crippen LogP contribution is -2.57. The summed E-state index contributed by atoms with van der Waals surface area (Å²) in [4.78, 5) is 31.3. The van der Waals surface area contributed by atoms with Crippen LogP contribution < -0.4 is 4.90 Å². The quantitative estimate of drug-likeness (QED) is 0.768. The molecule has 3 fully saturated rings. The van der Waals surface area contributed by atoms with Gasteiger partial charge in [-0.1, -0.05) is 43.9 Å². The Balaban J connectivity index is 1.36. The molecule has 0 spiro atoms. The van der Waals surface area contributed by atoms with Crippen molar-refractivity contribution in [3.05, 3.63) is 29.8 Å². The van der Waals surface area contributed by atoms with Crippen molar-refractivity contribution in [2.75, 3.05) is 24.6 Å². The number of rotatable bonds is 2. The predicted octanol–water partition coefficient (Wildman–Crippen LogP) is 3.55. The smallest absolute Gasteiger partial charge is 0.230 e. The number of hydrogen-bond donors (Lipinski definition) is 0. The number of carbonyl (C=O) groups is 2. The first-order valence-corrected chi connectivity index (χ1v) is 11.6. The van der Waals surface area contributed by atoms with E-state index in [1.165, 1.54) is 18.4 Å². The van der Waals surface area contributed by atoms with E-state index in [0.717, 1.165) is 57.2 Å². The predicted molar refractivity (Wildman–Crippen MR) is 112 cm³/mol. The lowest BCUT2D eigenvalue weighted by Gasteiger charge is -2.46. The third-order valence-corrected chi connectivity index (χ3v) is 7.57. The molecule has 4 unspecified atom stereocenters. The summed E-state index contributed by atoms with van der Waals surface area (Å²) in [6.45, 7) is 2.07. The Labute approximate surface area is 173 Å². The Bertz CT molecular complexity index is 777. The number of hydrogen-bond acceptors (Lipinski definition) is 3. The van der Waals surface area contributed by atoms with Crippen LogP contribution in [0.5, 0.6) is 0 Å². The third kappa shape index (κ3) is 3.48. The highest BCUT2D eigenvalue weighted by Crippen LogP contribution is 2.38. The van der Waals surface area contributed by atoms with Crippen LogP contribution in [-0.2, 0) is 20.7 Å². The average Bonchev–Trinajstić information content (AvgIpc) is 3.22. The molecular weight excluding hydrogens is 364 g/mol. The van der Waals surface area contributed by atoms with Crippen LogP contribution in [0.4, 0.5) is 5.69 Å². The molecule has 1 aromatic rings. The maximum absolute atomic E-state index is 13.7. The Kier molecular flexibility index (Phi) is 5.33. The van der Waals surface area contributed by atoms with Crippen molar-refractivity contribution in [2.24, 2.45) is 11.8 Å². The highest BCUT2D eigenvalue weighted by molar-refractivity contribution is 5.99. The molecule has 2 amide bonds. The van der Waals surface area contributed by atoms with E-state index in [1.54, 1.807) is 0 Å². The third-order valence-electron chi connectivity index (χ3n) is 7.57. The highest BCUT2D eigenvalue weighted by atomic mass is 16.5. The van der Waals surface area contributed by atoms with E-state index < -0.39 is 0 Å². The number of morpholine rings is 1. The van der Waals surface area contributed by atoms with Gasteiger partial charge in [0.2, 0.25) is 11.8 Å². The zero-order valence-corrected chi connectivity index (χ0v) is 17.2. The summed E-state index contributed by atoms with van der Waals surface area (Å²) in [5.41, 5.74) is 2.30. The molecule has 1 saturated heterocycles. The lowest BCUT2D eigenvalue weighted by molar-refractivity contribution is -0.158. The van der Waals surface area contributed by atoms with Crippen molar-refractivity contribution in [3.63, 3.8) is 0 Å². The van der Waals surface area contributed by atoms with Gasteiger partial charge in [0.15, 0.2) is 0 Å². The van der Waals surface area contributed by atoms with Gasteiger partial charge in [-0.05, 0) is 43.7 Å². The highest BCUT2D eigenvalue weighted by Gasteiger charge is 2.44. The topological polar surface area (TPSA) is 49.9 Å². The van der Waals surface area contributed by atoms with Gasteiger partial charge >= 0.3 is 0 Å². The zero-order chi connectivity index (χ0) is 19.8. The van der Waals surface area contributed by atoms with Crippen molar-refractivity contribution < 1.29 is 14.3 Å². The van der Waals surface area contributed by atoms with Crippen LogP contribution in [0.3, 0.4) is 0 Å². The fourth-order valence-corrected chi connectivity index (χ4v) is 6.07. The van der Waals surface area contributed by atoms with Crippen molar-refractivity contribution in [3.8, 4) is 0 Å². The molecule has 2 saturated carbocycles. The largest absolute Gasteiger partial charge is 0.374 e. The van der Waals surface area contributed by atoms with Gasteiger partial charge in [-0.3, -0.25) is 9.59 Å². The molecule has 5 nitrogen and oxygen atoms in total. The number of fused-ring (bicyclic) bond motifs is 2. The number of anilines is 1.